The van der Waals surface area contributed by atoms with Crippen molar-refractivity contribution in [3.63, 3.8) is 0 Å². The van der Waals surface area contributed by atoms with Crippen molar-refractivity contribution in [1.29, 1.82) is 0 Å². The summed E-state index contributed by atoms with van der Waals surface area (Å²) in [7, 11) is 0. The van der Waals surface area contributed by atoms with Crippen LogP contribution < -0.4 is 0 Å². The molecule has 1 unspecified atom stereocenters. The van der Waals surface area contributed by atoms with Crippen LogP contribution in [0.3, 0.4) is 0 Å². The van der Waals surface area contributed by atoms with Crippen molar-refractivity contribution in [2.24, 2.45) is 0 Å². The Kier molecular flexibility index (Phi) is 3.16. The molecule has 0 aromatic rings. The summed E-state index contributed by atoms with van der Waals surface area (Å²) in [6.45, 7) is 2.77. The zero-order chi connectivity index (χ0) is 7.40. The van der Waals surface area contributed by atoms with E-state index in [1.165, 1.54) is 6.42 Å². The van der Waals surface area contributed by atoms with Crippen LogP contribution in [0.2, 0.25) is 0 Å². The summed E-state index contributed by atoms with van der Waals surface area (Å²) in [6.07, 6.45) is 4.62. The summed E-state index contributed by atoms with van der Waals surface area (Å²) in [6, 6.07) is 0. The molecule has 2 nitrogen and oxygen atoms in total. The maximum absolute atomic E-state index is 9.32. The Morgan fingerprint density at radius 3 is 2.90 bits per heavy atom. The van der Waals surface area contributed by atoms with Crippen LogP contribution in [0.15, 0.2) is 0 Å². The van der Waals surface area contributed by atoms with Crippen molar-refractivity contribution in [3.8, 4) is 0 Å². The molecule has 1 fully saturated rings. The Balaban J connectivity index is 2.24. The van der Waals surface area contributed by atoms with Crippen molar-refractivity contribution in [2.75, 3.05) is 6.61 Å². The van der Waals surface area contributed by atoms with Crippen molar-refractivity contribution in [2.45, 2.75) is 38.7 Å². The number of hydrogen-bond acceptors (Lipinski definition) is 2. The first kappa shape index (κ1) is 8.02. The van der Waals surface area contributed by atoms with Gasteiger partial charge < -0.3 is 9.84 Å². The van der Waals surface area contributed by atoms with Crippen LogP contribution in [-0.4, -0.2) is 17.8 Å². The lowest BCUT2D eigenvalue weighted by Crippen LogP contribution is -2.23. The van der Waals surface area contributed by atoms with Gasteiger partial charge in [-0.15, -0.1) is 0 Å². The topological polar surface area (TPSA) is 29.5 Å². The molecule has 0 aliphatic carbocycles. The quantitative estimate of drug-likeness (QED) is 0.634. The summed E-state index contributed by atoms with van der Waals surface area (Å²) in [5, 5.41) is 9.32. The van der Waals surface area contributed by atoms with E-state index in [0.717, 1.165) is 32.0 Å². The predicted molar refractivity (Wildman–Crippen MR) is 39.3 cm³/mol. The van der Waals surface area contributed by atoms with Crippen LogP contribution in [-0.2, 0) is 4.74 Å². The molecule has 1 heterocycles. The van der Waals surface area contributed by atoms with Gasteiger partial charge in [-0.2, -0.15) is 0 Å². The lowest BCUT2D eigenvalue weighted by molar-refractivity contribution is 0.0136. The van der Waals surface area contributed by atoms with Gasteiger partial charge in [0.15, 0.2) is 0 Å². The predicted octanol–water partition coefficient (Wildman–Crippen LogP) is 1.49. The summed E-state index contributed by atoms with van der Waals surface area (Å²) in [4.78, 5) is 0. The molecule has 10 heavy (non-hydrogen) atoms. The third kappa shape index (κ3) is 1.96. The van der Waals surface area contributed by atoms with Crippen LogP contribution >= 0.6 is 0 Å². The molecule has 1 radical (unpaired) electrons. The molecule has 2 heteroatoms. The second-order valence-corrected chi connectivity index (χ2v) is 2.70. The van der Waals surface area contributed by atoms with E-state index in [2.05, 4.69) is 0 Å². The molecule has 1 aliphatic heterocycles. The van der Waals surface area contributed by atoms with E-state index in [9.17, 15) is 5.11 Å². The van der Waals surface area contributed by atoms with Crippen molar-refractivity contribution >= 4 is 0 Å². The minimum atomic E-state index is -0.319. The van der Waals surface area contributed by atoms with Gasteiger partial charge in [0.05, 0.1) is 6.10 Å². The monoisotopic (exact) mass is 143 g/mol. The molecule has 1 aliphatic rings. The van der Waals surface area contributed by atoms with Crippen molar-refractivity contribution in [1.82, 2.24) is 0 Å². The molecule has 1 N–H and O–H groups in total. The fourth-order valence-corrected chi connectivity index (χ4v) is 1.17. The summed E-state index contributed by atoms with van der Waals surface area (Å²) in [5.41, 5.74) is 0. The van der Waals surface area contributed by atoms with Crippen LogP contribution in [0, 0.1) is 6.10 Å². The van der Waals surface area contributed by atoms with Gasteiger partial charge in [-0.25, -0.2) is 0 Å². The number of rotatable bonds is 2. The molecule has 0 aromatic carbocycles. The van der Waals surface area contributed by atoms with E-state index in [1.807, 2.05) is 6.92 Å². The third-order valence-corrected chi connectivity index (χ3v) is 1.86. The molecule has 0 bridgehead atoms. The van der Waals surface area contributed by atoms with Gasteiger partial charge >= 0.3 is 0 Å². The first-order valence-corrected chi connectivity index (χ1v) is 4.01. The van der Waals surface area contributed by atoms with Gasteiger partial charge in [0.2, 0.25) is 0 Å². The highest BCUT2D eigenvalue weighted by atomic mass is 16.5. The third-order valence-electron chi connectivity index (χ3n) is 1.86. The summed E-state index contributed by atoms with van der Waals surface area (Å²) >= 11 is 0. The minimum absolute atomic E-state index is 0.319. The highest BCUT2D eigenvalue weighted by molar-refractivity contribution is 4.88. The molecule has 1 rings (SSSR count). The number of hydrogen-bond donors (Lipinski definition) is 1. The molecule has 1 atom stereocenters. The fourth-order valence-electron chi connectivity index (χ4n) is 1.17. The second kappa shape index (κ2) is 3.94. The highest BCUT2D eigenvalue weighted by Gasteiger charge is 2.21. The van der Waals surface area contributed by atoms with E-state index >= 15 is 0 Å². The van der Waals surface area contributed by atoms with E-state index in [0.29, 0.717) is 0 Å². The molecular weight excluding hydrogens is 128 g/mol. The van der Waals surface area contributed by atoms with Gasteiger partial charge in [0.1, 0.15) is 6.10 Å². The van der Waals surface area contributed by atoms with E-state index in [1.54, 1.807) is 0 Å². The zero-order valence-electron chi connectivity index (χ0n) is 6.47. The lowest BCUT2D eigenvalue weighted by atomic mass is 10.0. The van der Waals surface area contributed by atoms with Crippen LogP contribution in [0.5, 0.6) is 0 Å². The van der Waals surface area contributed by atoms with E-state index < -0.39 is 0 Å². The lowest BCUT2D eigenvalue weighted by Gasteiger charge is -2.24. The Labute approximate surface area is 62.2 Å². The summed E-state index contributed by atoms with van der Waals surface area (Å²) in [5.74, 6) is 0. The summed E-state index contributed by atoms with van der Waals surface area (Å²) < 4.78 is 5.30. The Morgan fingerprint density at radius 2 is 2.40 bits per heavy atom. The Hall–Kier alpha value is -0.0800. The largest absolute Gasteiger partial charge is 0.390 e. The average molecular weight is 143 g/mol. The molecule has 59 valence electrons. The van der Waals surface area contributed by atoms with Gasteiger partial charge in [-0.05, 0) is 25.7 Å². The Bertz CT molecular complexity index is 87.3. The zero-order valence-corrected chi connectivity index (χ0v) is 6.47. The SMILES string of the molecule is CCC(O)[C]1CCCCO1. The minimum Gasteiger partial charge on any atom is -0.390 e. The number of aliphatic hydroxyl groups is 1. The van der Waals surface area contributed by atoms with Crippen molar-refractivity contribution in [3.05, 3.63) is 6.10 Å². The normalized spacial score (nSPS) is 24.6. The van der Waals surface area contributed by atoms with Crippen molar-refractivity contribution < 1.29 is 9.84 Å². The molecule has 1 saturated heterocycles. The van der Waals surface area contributed by atoms with Gasteiger partial charge in [-0.3, -0.25) is 0 Å². The van der Waals surface area contributed by atoms with E-state index in [-0.39, 0.29) is 6.10 Å². The van der Waals surface area contributed by atoms with Gasteiger partial charge in [-0.1, -0.05) is 6.92 Å². The molecule has 0 spiro atoms. The maximum atomic E-state index is 9.32. The molecule has 0 aromatic heterocycles. The first-order chi connectivity index (χ1) is 4.84. The molecule has 0 saturated carbocycles. The standard InChI is InChI=1S/C8H15O2/c1-2-7(9)8-5-3-4-6-10-8/h7,9H,2-6H2,1H3. The van der Waals surface area contributed by atoms with Crippen LogP contribution in [0.25, 0.3) is 0 Å². The van der Waals surface area contributed by atoms with Gasteiger partial charge in [0.25, 0.3) is 0 Å². The number of aliphatic hydroxyl groups excluding tert-OH is 1. The van der Waals surface area contributed by atoms with Gasteiger partial charge in [0, 0.05) is 6.61 Å². The average Bonchev–Trinajstić information content (AvgIpc) is 2.05. The van der Waals surface area contributed by atoms with Crippen LogP contribution in [0.1, 0.15) is 32.6 Å². The van der Waals surface area contributed by atoms with Crippen LogP contribution in [0.4, 0.5) is 0 Å². The molecular formula is C8H15O2. The van der Waals surface area contributed by atoms with E-state index in [4.69, 9.17) is 4.74 Å². The highest BCUT2D eigenvalue weighted by Crippen LogP contribution is 2.23. The fraction of sp³-hybridized carbons (Fsp3) is 0.875. The number of ether oxygens (including phenoxy) is 1. The first-order valence-electron chi connectivity index (χ1n) is 4.01. The maximum Gasteiger partial charge on any atom is 0.125 e. The molecule has 0 amide bonds. The smallest absolute Gasteiger partial charge is 0.125 e. The Morgan fingerprint density at radius 1 is 1.60 bits per heavy atom. The second-order valence-electron chi connectivity index (χ2n) is 2.70.